The average Bonchev–Trinajstić information content (AvgIpc) is 2.80. The molecule has 2 aliphatic rings. The van der Waals surface area contributed by atoms with Gasteiger partial charge in [0.1, 0.15) is 0 Å². The van der Waals surface area contributed by atoms with E-state index in [9.17, 15) is 15.0 Å². The zero-order valence-corrected chi connectivity index (χ0v) is 13.7. The van der Waals surface area contributed by atoms with Crippen LogP contribution in [0.25, 0.3) is 12.2 Å². The lowest BCUT2D eigenvalue weighted by Crippen LogP contribution is -2.37. The van der Waals surface area contributed by atoms with Crippen molar-refractivity contribution in [3.63, 3.8) is 0 Å². The maximum atomic E-state index is 11.7. The lowest BCUT2D eigenvalue weighted by Gasteiger charge is -2.26. The lowest BCUT2D eigenvalue weighted by molar-refractivity contribution is -0.155. The standard InChI is InChI=1S/C16H12O3.C4H8O2/c17-15(18)16(19)13-7-3-1-5-11(13)9-10-12-6-2-4-8-14(12)16;1-2-6-4-3-5-1/h1-10,19H,(H,17,18);1-4H2. The molecule has 1 aliphatic carbocycles. The summed E-state index contributed by atoms with van der Waals surface area (Å²) in [6, 6.07) is 14.0. The second-order valence-electron chi connectivity index (χ2n) is 5.75. The number of aliphatic carboxylic acids is 1. The highest BCUT2D eigenvalue weighted by Crippen LogP contribution is 2.37. The molecule has 1 saturated heterocycles. The van der Waals surface area contributed by atoms with E-state index >= 15 is 0 Å². The summed E-state index contributed by atoms with van der Waals surface area (Å²) >= 11 is 0. The van der Waals surface area contributed by atoms with Gasteiger partial charge in [-0.3, -0.25) is 0 Å². The number of rotatable bonds is 1. The van der Waals surface area contributed by atoms with Gasteiger partial charge in [0.2, 0.25) is 5.60 Å². The zero-order chi connectivity index (χ0) is 17.7. The van der Waals surface area contributed by atoms with E-state index in [0.29, 0.717) is 22.3 Å². The summed E-state index contributed by atoms with van der Waals surface area (Å²) in [5, 5.41) is 20.3. The Morgan fingerprint density at radius 1 is 0.800 bits per heavy atom. The second kappa shape index (κ2) is 7.61. The molecule has 2 aromatic rings. The van der Waals surface area contributed by atoms with Crippen molar-refractivity contribution in [3.05, 3.63) is 70.8 Å². The van der Waals surface area contributed by atoms with Gasteiger partial charge in [0.15, 0.2) is 0 Å². The quantitative estimate of drug-likeness (QED) is 0.834. The highest BCUT2D eigenvalue weighted by Gasteiger charge is 2.43. The minimum Gasteiger partial charge on any atom is -0.479 e. The third kappa shape index (κ3) is 3.49. The number of hydrogen-bond donors (Lipinski definition) is 2. The molecule has 1 aliphatic heterocycles. The highest BCUT2D eigenvalue weighted by atomic mass is 16.6. The first kappa shape index (κ1) is 17.4. The van der Waals surface area contributed by atoms with E-state index in [1.165, 1.54) is 0 Å². The molecule has 1 fully saturated rings. The Morgan fingerprint density at radius 2 is 1.20 bits per heavy atom. The Morgan fingerprint density at radius 3 is 1.56 bits per heavy atom. The predicted molar refractivity (Wildman–Crippen MR) is 94.1 cm³/mol. The summed E-state index contributed by atoms with van der Waals surface area (Å²) in [7, 11) is 0. The van der Waals surface area contributed by atoms with Crippen molar-refractivity contribution in [2.75, 3.05) is 26.4 Å². The van der Waals surface area contributed by atoms with Crippen LogP contribution in [0.15, 0.2) is 48.5 Å². The average molecular weight is 340 g/mol. The molecule has 130 valence electrons. The Hall–Kier alpha value is -2.47. The van der Waals surface area contributed by atoms with Gasteiger partial charge >= 0.3 is 5.97 Å². The molecule has 0 amide bonds. The van der Waals surface area contributed by atoms with Crippen LogP contribution in [0.2, 0.25) is 0 Å². The molecule has 2 N–H and O–H groups in total. The van der Waals surface area contributed by atoms with Crippen LogP contribution >= 0.6 is 0 Å². The Balaban J connectivity index is 0.000000258. The number of carboxylic acids is 1. The van der Waals surface area contributed by atoms with Gasteiger partial charge in [0, 0.05) is 11.1 Å². The van der Waals surface area contributed by atoms with Crippen molar-refractivity contribution in [3.8, 4) is 0 Å². The molecular weight excluding hydrogens is 320 g/mol. The van der Waals surface area contributed by atoms with E-state index in [2.05, 4.69) is 0 Å². The summed E-state index contributed by atoms with van der Waals surface area (Å²) in [6.07, 6.45) is 3.66. The first-order chi connectivity index (χ1) is 12.1. The van der Waals surface area contributed by atoms with Gasteiger partial charge in [0.25, 0.3) is 0 Å². The zero-order valence-electron chi connectivity index (χ0n) is 13.7. The third-order valence-electron chi connectivity index (χ3n) is 4.20. The summed E-state index contributed by atoms with van der Waals surface area (Å²) in [4.78, 5) is 11.7. The minimum absolute atomic E-state index is 0.392. The largest absolute Gasteiger partial charge is 0.479 e. The van der Waals surface area contributed by atoms with Crippen LogP contribution in [-0.2, 0) is 19.9 Å². The first-order valence-electron chi connectivity index (χ1n) is 8.12. The summed E-state index contributed by atoms with van der Waals surface area (Å²) < 4.78 is 9.89. The van der Waals surface area contributed by atoms with Crippen molar-refractivity contribution in [1.29, 1.82) is 0 Å². The molecular formula is C20H20O5. The van der Waals surface area contributed by atoms with Crippen molar-refractivity contribution < 1.29 is 24.5 Å². The molecule has 4 rings (SSSR count). The number of aliphatic hydroxyl groups is 1. The Kier molecular flexibility index (Phi) is 5.28. The van der Waals surface area contributed by atoms with Gasteiger partial charge in [-0.05, 0) is 11.1 Å². The number of carbonyl (C=O) groups is 1. The maximum absolute atomic E-state index is 11.7. The fourth-order valence-electron chi connectivity index (χ4n) is 2.94. The van der Waals surface area contributed by atoms with E-state index in [1.54, 1.807) is 36.4 Å². The topological polar surface area (TPSA) is 76.0 Å². The van der Waals surface area contributed by atoms with Crippen LogP contribution in [0.3, 0.4) is 0 Å². The fraction of sp³-hybridized carbons (Fsp3) is 0.250. The van der Waals surface area contributed by atoms with Crippen molar-refractivity contribution in [1.82, 2.24) is 0 Å². The van der Waals surface area contributed by atoms with Gasteiger partial charge in [-0.1, -0.05) is 60.7 Å². The molecule has 0 radical (unpaired) electrons. The maximum Gasteiger partial charge on any atom is 0.345 e. The minimum atomic E-state index is -2.02. The number of carboxylic acid groups (broad SMARTS) is 1. The third-order valence-corrected chi connectivity index (χ3v) is 4.20. The van der Waals surface area contributed by atoms with Crippen molar-refractivity contribution in [2.24, 2.45) is 0 Å². The van der Waals surface area contributed by atoms with Crippen molar-refractivity contribution >= 4 is 18.1 Å². The molecule has 5 nitrogen and oxygen atoms in total. The van der Waals surface area contributed by atoms with Gasteiger partial charge in [-0.2, -0.15) is 0 Å². The molecule has 0 unspecified atom stereocenters. The highest BCUT2D eigenvalue weighted by molar-refractivity contribution is 5.90. The van der Waals surface area contributed by atoms with Gasteiger partial charge in [-0.25, -0.2) is 4.79 Å². The molecule has 0 bridgehead atoms. The number of fused-ring (bicyclic) bond motifs is 2. The predicted octanol–water partition coefficient (Wildman–Crippen LogP) is 2.52. The number of benzene rings is 2. The van der Waals surface area contributed by atoms with E-state index in [0.717, 1.165) is 26.4 Å². The first-order valence-corrected chi connectivity index (χ1v) is 8.12. The molecule has 0 atom stereocenters. The Labute approximate surface area is 146 Å². The lowest BCUT2D eigenvalue weighted by atomic mass is 9.83. The number of ether oxygens (including phenoxy) is 2. The normalized spacial score (nSPS) is 17.3. The van der Waals surface area contributed by atoms with Crippen LogP contribution in [0.4, 0.5) is 0 Å². The van der Waals surface area contributed by atoms with Crippen LogP contribution in [-0.4, -0.2) is 42.6 Å². The number of hydrogen-bond acceptors (Lipinski definition) is 4. The van der Waals surface area contributed by atoms with E-state index in [1.807, 2.05) is 24.3 Å². The van der Waals surface area contributed by atoms with Crippen LogP contribution in [0, 0.1) is 0 Å². The Bertz CT molecular complexity index is 716. The molecule has 2 aromatic carbocycles. The van der Waals surface area contributed by atoms with E-state index < -0.39 is 11.6 Å². The molecule has 25 heavy (non-hydrogen) atoms. The summed E-state index contributed by atoms with van der Waals surface area (Å²) in [5.41, 5.74) is 0.191. The second-order valence-corrected chi connectivity index (χ2v) is 5.75. The van der Waals surface area contributed by atoms with E-state index in [-0.39, 0.29) is 0 Å². The van der Waals surface area contributed by atoms with Gasteiger partial charge < -0.3 is 19.7 Å². The fourth-order valence-corrected chi connectivity index (χ4v) is 2.94. The molecule has 5 heteroatoms. The van der Waals surface area contributed by atoms with E-state index in [4.69, 9.17) is 9.47 Å². The van der Waals surface area contributed by atoms with Crippen molar-refractivity contribution in [2.45, 2.75) is 5.60 Å². The monoisotopic (exact) mass is 340 g/mol. The SMILES string of the molecule is C1COCCO1.O=C(O)C1(O)c2ccccc2C=Cc2ccccc21. The van der Waals surface area contributed by atoms with Crippen LogP contribution in [0.1, 0.15) is 22.3 Å². The van der Waals surface area contributed by atoms with Crippen LogP contribution in [0.5, 0.6) is 0 Å². The molecule has 1 heterocycles. The molecule has 0 saturated carbocycles. The smallest absolute Gasteiger partial charge is 0.345 e. The van der Waals surface area contributed by atoms with Crippen LogP contribution < -0.4 is 0 Å². The summed E-state index contributed by atoms with van der Waals surface area (Å²) in [5.74, 6) is -1.27. The van der Waals surface area contributed by atoms with Gasteiger partial charge in [0.05, 0.1) is 26.4 Å². The van der Waals surface area contributed by atoms with Gasteiger partial charge in [-0.15, -0.1) is 0 Å². The molecule has 0 spiro atoms. The molecule has 0 aromatic heterocycles. The summed E-state index contributed by atoms with van der Waals surface area (Å²) in [6.45, 7) is 3.11.